The van der Waals surface area contributed by atoms with Crippen LogP contribution >= 0.6 is 0 Å². The van der Waals surface area contributed by atoms with Crippen molar-refractivity contribution < 1.29 is 34.8 Å². The number of carboxylic acids is 1. The summed E-state index contributed by atoms with van der Waals surface area (Å²) in [6.45, 7) is 1.20. The van der Waals surface area contributed by atoms with Gasteiger partial charge in [-0.15, -0.1) is 0 Å². The summed E-state index contributed by atoms with van der Waals surface area (Å²) >= 11 is 0. The zero-order valence-corrected chi connectivity index (χ0v) is 28.5. The molecule has 0 saturated heterocycles. The average Bonchev–Trinajstić information content (AvgIpc) is 3.17. The molecule has 0 spiro atoms. The van der Waals surface area contributed by atoms with E-state index in [9.17, 15) is 34.8 Å². The number of phenols is 1. The number of anilines is 1. The molecule has 270 valence electrons. The second-order valence-corrected chi connectivity index (χ2v) is 12.5. The Morgan fingerprint density at radius 1 is 0.774 bits per heavy atom. The Hall–Kier alpha value is -6.47. The number of hydrogen-bond acceptors (Lipinski definition) is 8. The number of amides is 2. The number of fused-ring (bicyclic) bond motifs is 1. The maximum atomic E-state index is 12.6. The van der Waals surface area contributed by atoms with Gasteiger partial charge in [0.05, 0.1) is 11.6 Å². The lowest BCUT2D eigenvalue weighted by molar-refractivity contribution is -0.155. The highest BCUT2D eigenvalue weighted by molar-refractivity contribution is 5.89. The van der Waals surface area contributed by atoms with Gasteiger partial charge in [-0.05, 0) is 64.2 Å². The molecule has 2 amide bonds. The summed E-state index contributed by atoms with van der Waals surface area (Å²) < 4.78 is 5.91. The second-order valence-electron chi connectivity index (χ2n) is 12.5. The number of phenolic OH excluding ortho intramolecular Hbond substituents is 1. The smallest absolute Gasteiger partial charge is 0.345 e. The maximum absolute atomic E-state index is 12.6. The molecule has 1 aromatic heterocycles. The molecule has 6 rings (SSSR count). The summed E-state index contributed by atoms with van der Waals surface area (Å²) in [5, 5.41) is 51.3. The largest absolute Gasteiger partial charge is 0.506 e. The van der Waals surface area contributed by atoms with E-state index in [1.807, 2.05) is 36.4 Å². The number of aromatic amines is 1. The highest BCUT2D eigenvalue weighted by atomic mass is 16.5. The molecule has 2 unspecified atom stereocenters. The van der Waals surface area contributed by atoms with Crippen molar-refractivity contribution in [2.75, 3.05) is 11.9 Å². The zero-order valence-electron chi connectivity index (χ0n) is 28.5. The third-order valence-corrected chi connectivity index (χ3v) is 8.78. The molecule has 6 aromatic rings. The van der Waals surface area contributed by atoms with Crippen molar-refractivity contribution in [3.8, 4) is 11.5 Å². The van der Waals surface area contributed by atoms with E-state index in [-0.39, 0.29) is 47.1 Å². The van der Waals surface area contributed by atoms with Crippen molar-refractivity contribution in [2.24, 2.45) is 0 Å². The molecule has 0 radical (unpaired) electrons. The van der Waals surface area contributed by atoms with Crippen LogP contribution in [0.5, 0.6) is 11.5 Å². The SMILES string of the molecule is O=C(NCc1ccc(COc2cccc(C(O)(C(=O)O)c3ccccc3)c2)cc1)Nc1ccc(CNCC(O)c2ccc(O)c3[nH]c(=O)ccc23)cc1. The Morgan fingerprint density at radius 3 is 2.19 bits per heavy atom. The molecule has 5 aromatic carbocycles. The molecule has 1 heterocycles. The number of aliphatic hydroxyl groups excluding tert-OH is 1. The number of rotatable bonds is 14. The van der Waals surface area contributed by atoms with Gasteiger partial charge in [-0.1, -0.05) is 84.9 Å². The monoisotopic (exact) mass is 714 g/mol. The van der Waals surface area contributed by atoms with Gasteiger partial charge < -0.3 is 46.1 Å². The number of H-pyrrole nitrogens is 1. The van der Waals surface area contributed by atoms with Gasteiger partial charge in [0.2, 0.25) is 11.2 Å². The fourth-order valence-corrected chi connectivity index (χ4v) is 5.90. The topological polar surface area (TPSA) is 193 Å². The maximum Gasteiger partial charge on any atom is 0.345 e. The first-order valence-electron chi connectivity index (χ1n) is 16.8. The van der Waals surface area contributed by atoms with Crippen LogP contribution in [-0.2, 0) is 30.1 Å². The normalized spacial score (nSPS) is 12.8. The van der Waals surface area contributed by atoms with Gasteiger partial charge in [-0.2, -0.15) is 0 Å². The van der Waals surface area contributed by atoms with Crippen LogP contribution in [0.3, 0.4) is 0 Å². The number of aliphatic hydroxyl groups is 2. The third kappa shape index (κ3) is 8.71. The minimum atomic E-state index is -2.23. The number of pyridine rings is 1. The van der Waals surface area contributed by atoms with E-state index in [1.165, 1.54) is 18.2 Å². The van der Waals surface area contributed by atoms with Crippen LogP contribution in [0, 0.1) is 0 Å². The fraction of sp³-hybridized carbons (Fsp3) is 0.146. The molecule has 0 aliphatic heterocycles. The molecule has 0 aliphatic rings. The van der Waals surface area contributed by atoms with Crippen molar-refractivity contribution in [1.82, 2.24) is 15.6 Å². The molecule has 8 N–H and O–H groups in total. The van der Waals surface area contributed by atoms with Crippen LogP contribution < -0.4 is 26.2 Å². The highest BCUT2D eigenvalue weighted by Crippen LogP contribution is 2.32. The van der Waals surface area contributed by atoms with Crippen LogP contribution in [0.15, 0.2) is 132 Å². The van der Waals surface area contributed by atoms with E-state index < -0.39 is 17.7 Å². The van der Waals surface area contributed by atoms with Gasteiger partial charge in [0, 0.05) is 42.3 Å². The Bertz CT molecular complexity index is 2260. The van der Waals surface area contributed by atoms with Crippen LogP contribution in [0.25, 0.3) is 10.9 Å². The minimum absolute atomic E-state index is 0.0670. The summed E-state index contributed by atoms with van der Waals surface area (Å²) in [6.07, 6.45) is -0.877. The lowest BCUT2D eigenvalue weighted by Crippen LogP contribution is -2.36. The highest BCUT2D eigenvalue weighted by Gasteiger charge is 2.40. The number of carboxylic acid groups (broad SMARTS) is 1. The molecular formula is C41H38N4O8. The number of urea groups is 1. The van der Waals surface area contributed by atoms with Crippen molar-refractivity contribution >= 4 is 28.6 Å². The molecular weight excluding hydrogens is 676 g/mol. The molecule has 2 atom stereocenters. The first kappa shape index (κ1) is 36.3. The Kier molecular flexibility index (Phi) is 11.1. The number of carbonyl (C=O) groups is 2. The molecule has 53 heavy (non-hydrogen) atoms. The average molecular weight is 715 g/mol. The van der Waals surface area contributed by atoms with E-state index in [4.69, 9.17) is 4.74 Å². The van der Waals surface area contributed by atoms with Crippen LogP contribution in [0.1, 0.15) is 39.5 Å². The summed E-state index contributed by atoms with van der Waals surface area (Å²) in [6, 6.07) is 35.0. The van der Waals surface area contributed by atoms with Gasteiger partial charge in [0.1, 0.15) is 18.1 Å². The van der Waals surface area contributed by atoms with Crippen molar-refractivity contribution in [3.63, 3.8) is 0 Å². The lowest BCUT2D eigenvalue weighted by atomic mass is 9.86. The van der Waals surface area contributed by atoms with Crippen molar-refractivity contribution in [3.05, 3.63) is 171 Å². The number of ether oxygens (including phenoxy) is 1. The fourth-order valence-electron chi connectivity index (χ4n) is 5.90. The molecule has 0 fully saturated rings. The Balaban J connectivity index is 0.942. The second kappa shape index (κ2) is 16.3. The number of benzene rings is 5. The molecule has 12 heteroatoms. The molecule has 0 bridgehead atoms. The van der Waals surface area contributed by atoms with Gasteiger partial charge >= 0.3 is 12.0 Å². The summed E-state index contributed by atoms with van der Waals surface area (Å²) in [7, 11) is 0. The van der Waals surface area contributed by atoms with Gasteiger partial charge in [0.15, 0.2) is 0 Å². The lowest BCUT2D eigenvalue weighted by Gasteiger charge is -2.25. The quantitative estimate of drug-likeness (QED) is 0.0742. The first-order chi connectivity index (χ1) is 25.6. The van der Waals surface area contributed by atoms with Crippen molar-refractivity contribution in [1.29, 1.82) is 0 Å². The standard InChI is InChI=1S/C41H38N4O8/c46-35-19-17-33(34-18-20-37(48)45-38(34)35)36(47)24-42-22-26-13-15-31(16-14-26)44-40(51)43-23-27-9-11-28(12-10-27)25-53-32-8-4-7-30(21-32)41(52,39(49)50)29-5-2-1-3-6-29/h1-21,36,42,46-47,52H,22-25H2,(H,45,48)(H,49,50)(H2,43,44,51). The Morgan fingerprint density at radius 2 is 1.45 bits per heavy atom. The number of carbonyl (C=O) groups excluding carboxylic acids is 1. The van der Waals surface area contributed by atoms with E-state index >= 15 is 0 Å². The van der Waals surface area contributed by atoms with Crippen LogP contribution in [-0.4, -0.2) is 44.0 Å². The predicted octanol–water partition coefficient (Wildman–Crippen LogP) is 5.28. The molecule has 12 nitrogen and oxygen atoms in total. The third-order valence-electron chi connectivity index (χ3n) is 8.78. The summed E-state index contributed by atoms with van der Waals surface area (Å²) in [5.41, 5.74) is 1.98. The Labute approximate surface area is 304 Å². The number of nitrogens with one attached hydrogen (secondary N) is 4. The first-order valence-corrected chi connectivity index (χ1v) is 16.8. The molecule has 0 aliphatic carbocycles. The zero-order chi connectivity index (χ0) is 37.4. The van der Waals surface area contributed by atoms with Gasteiger partial charge in [-0.3, -0.25) is 4.79 Å². The number of hydrogen-bond donors (Lipinski definition) is 8. The van der Waals surface area contributed by atoms with Crippen LogP contribution in [0.2, 0.25) is 0 Å². The van der Waals surface area contributed by atoms with E-state index in [1.54, 1.807) is 72.8 Å². The van der Waals surface area contributed by atoms with Gasteiger partial charge in [0.25, 0.3) is 0 Å². The predicted molar refractivity (Wildman–Crippen MR) is 199 cm³/mol. The molecule has 0 saturated carbocycles. The van der Waals surface area contributed by atoms with E-state index in [0.717, 1.165) is 16.7 Å². The summed E-state index contributed by atoms with van der Waals surface area (Å²) in [5.74, 6) is -1.05. The number of aliphatic carboxylic acids is 1. The van der Waals surface area contributed by atoms with Crippen LogP contribution in [0.4, 0.5) is 10.5 Å². The summed E-state index contributed by atoms with van der Waals surface area (Å²) in [4.78, 5) is 39.0. The van der Waals surface area contributed by atoms with Gasteiger partial charge in [-0.25, -0.2) is 9.59 Å². The van der Waals surface area contributed by atoms with Crippen molar-refractivity contribution in [2.45, 2.75) is 31.4 Å². The van der Waals surface area contributed by atoms with E-state index in [0.29, 0.717) is 35.5 Å². The van der Waals surface area contributed by atoms with E-state index in [2.05, 4.69) is 20.9 Å². The number of aromatic nitrogens is 1. The minimum Gasteiger partial charge on any atom is -0.506 e. The number of aromatic hydroxyl groups is 1.